The van der Waals surface area contributed by atoms with Crippen molar-refractivity contribution in [1.82, 2.24) is 19.7 Å². The summed E-state index contributed by atoms with van der Waals surface area (Å²) in [6.45, 7) is 0.511. The molecule has 1 fully saturated rings. The van der Waals surface area contributed by atoms with Crippen molar-refractivity contribution in [3.63, 3.8) is 0 Å². The van der Waals surface area contributed by atoms with E-state index >= 15 is 0 Å². The van der Waals surface area contributed by atoms with Crippen molar-refractivity contribution >= 4 is 12.1 Å². The first kappa shape index (κ1) is 24.3. The number of nitrogens with zero attached hydrogens (tertiary/aromatic N) is 4. The molecule has 0 saturated heterocycles. The molecule has 2 aromatic heterocycles. The third-order valence-corrected chi connectivity index (χ3v) is 6.26. The van der Waals surface area contributed by atoms with Gasteiger partial charge in [-0.1, -0.05) is 30.3 Å². The number of carbonyl (C=O) groups excluding carboxylic acids is 1. The van der Waals surface area contributed by atoms with Crippen LogP contribution in [0.1, 0.15) is 36.9 Å². The van der Waals surface area contributed by atoms with Gasteiger partial charge in [-0.05, 0) is 43.4 Å². The molecule has 9 heteroatoms. The van der Waals surface area contributed by atoms with E-state index in [0.29, 0.717) is 30.8 Å². The molecule has 2 heterocycles. The molecule has 35 heavy (non-hydrogen) atoms. The van der Waals surface area contributed by atoms with Crippen LogP contribution in [0.4, 0.5) is 4.79 Å². The molecule has 184 valence electrons. The van der Waals surface area contributed by atoms with Gasteiger partial charge in [0.25, 0.3) is 0 Å². The summed E-state index contributed by atoms with van der Waals surface area (Å²) in [5.41, 5.74) is 3.26. The number of rotatable bonds is 8. The van der Waals surface area contributed by atoms with Crippen molar-refractivity contribution < 1.29 is 24.2 Å². The second-order valence-electron chi connectivity index (χ2n) is 8.85. The number of pyridine rings is 1. The summed E-state index contributed by atoms with van der Waals surface area (Å²) in [5.74, 6) is -0.503. The van der Waals surface area contributed by atoms with Gasteiger partial charge in [0.15, 0.2) is 0 Å². The van der Waals surface area contributed by atoms with Gasteiger partial charge in [0.1, 0.15) is 12.4 Å². The zero-order valence-electron chi connectivity index (χ0n) is 20.0. The van der Waals surface area contributed by atoms with Crippen molar-refractivity contribution in [1.29, 1.82) is 0 Å². The SMILES string of the molecule is CN(Cc1c(-c2ccc(O[C@H]3CCCC(C(=O)O)C3)cn2)cnn1C)C(=O)OCc1ccccc1. The molecule has 0 radical (unpaired) electrons. The average molecular weight is 479 g/mol. The third kappa shape index (κ3) is 6.17. The summed E-state index contributed by atoms with van der Waals surface area (Å²) in [4.78, 5) is 29.8. The van der Waals surface area contributed by atoms with E-state index in [1.807, 2.05) is 49.5 Å². The predicted molar refractivity (Wildman–Crippen MR) is 129 cm³/mol. The maximum atomic E-state index is 12.5. The number of aliphatic carboxylic acids is 1. The Bertz CT molecular complexity index is 1150. The Hall–Kier alpha value is -3.88. The molecule has 9 nitrogen and oxygen atoms in total. The zero-order valence-corrected chi connectivity index (χ0v) is 20.0. The van der Waals surface area contributed by atoms with E-state index in [2.05, 4.69) is 10.1 Å². The minimum atomic E-state index is -0.759. The zero-order chi connectivity index (χ0) is 24.8. The monoisotopic (exact) mass is 478 g/mol. The highest BCUT2D eigenvalue weighted by molar-refractivity contribution is 5.70. The molecule has 1 N–H and O–H groups in total. The Morgan fingerprint density at radius 3 is 2.66 bits per heavy atom. The number of benzene rings is 1. The number of ether oxygens (including phenoxy) is 2. The minimum Gasteiger partial charge on any atom is -0.489 e. The summed E-state index contributed by atoms with van der Waals surface area (Å²) in [7, 11) is 3.50. The van der Waals surface area contributed by atoms with Crippen molar-refractivity contribution in [3.05, 3.63) is 66.1 Å². The maximum absolute atomic E-state index is 12.5. The predicted octanol–water partition coefficient (Wildman–Crippen LogP) is 4.27. The summed E-state index contributed by atoms with van der Waals surface area (Å²) >= 11 is 0. The fourth-order valence-corrected chi connectivity index (χ4v) is 4.26. The number of amides is 1. The number of aromatic nitrogens is 3. The van der Waals surface area contributed by atoms with E-state index in [0.717, 1.165) is 29.7 Å². The second kappa shape index (κ2) is 11.0. The molecule has 1 amide bonds. The highest BCUT2D eigenvalue weighted by Gasteiger charge is 2.28. The lowest BCUT2D eigenvalue weighted by Crippen LogP contribution is -2.29. The number of hydrogen-bond donors (Lipinski definition) is 1. The summed E-state index contributed by atoms with van der Waals surface area (Å²) in [6.07, 6.45) is 5.71. The molecule has 3 aromatic rings. The van der Waals surface area contributed by atoms with Crippen molar-refractivity contribution in [2.75, 3.05) is 7.05 Å². The van der Waals surface area contributed by atoms with E-state index in [9.17, 15) is 14.7 Å². The summed E-state index contributed by atoms with van der Waals surface area (Å²) < 4.78 is 13.1. The number of hydrogen-bond acceptors (Lipinski definition) is 6. The molecule has 1 saturated carbocycles. The smallest absolute Gasteiger partial charge is 0.410 e. The highest BCUT2D eigenvalue weighted by Crippen LogP contribution is 2.29. The Labute approximate surface area is 204 Å². The number of carboxylic acid groups (broad SMARTS) is 1. The normalized spacial score (nSPS) is 17.5. The van der Waals surface area contributed by atoms with Crippen LogP contribution in [0.3, 0.4) is 0 Å². The molecule has 1 aliphatic carbocycles. The van der Waals surface area contributed by atoms with Gasteiger partial charge in [0.05, 0.1) is 42.3 Å². The van der Waals surface area contributed by atoms with Crippen molar-refractivity contribution in [2.45, 2.75) is 44.9 Å². The van der Waals surface area contributed by atoms with Crippen LogP contribution in [0, 0.1) is 5.92 Å². The number of carbonyl (C=O) groups is 2. The van der Waals surface area contributed by atoms with Gasteiger partial charge in [0, 0.05) is 19.7 Å². The lowest BCUT2D eigenvalue weighted by Gasteiger charge is -2.27. The first-order valence-electron chi connectivity index (χ1n) is 11.7. The highest BCUT2D eigenvalue weighted by atomic mass is 16.6. The van der Waals surface area contributed by atoms with Crippen LogP contribution in [0.15, 0.2) is 54.9 Å². The topological polar surface area (TPSA) is 107 Å². The molecular formula is C26H30N4O5. The van der Waals surface area contributed by atoms with Crippen LogP contribution in [0.25, 0.3) is 11.3 Å². The first-order chi connectivity index (χ1) is 16.9. The fraction of sp³-hybridized carbons (Fsp3) is 0.385. The number of carboxylic acids is 1. The van der Waals surface area contributed by atoms with Crippen LogP contribution < -0.4 is 4.74 Å². The molecule has 0 bridgehead atoms. The Morgan fingerprint density at radius 2 is 1.94 bits per heavy atom. The van der Waals surface area contributed by atoms with E-state index in [4.69, 9.17) is 9.47 Å². The van der Waals surface area contributed by atoms with E-state index in [-0.39, 0.29) is 18.6 Å². The Morgan fingerprint density at radius 1 is 1.14 bits per heavy atom. The van der Waals surface area contributed by atoms with Gasteiger partial charge >= 0.3 is 12.1 Å². The lowest BCUT2D eigenvalue weighted by molar-refractivity contribution is -0.143. The molecule has 1 aromatic carbocycles. The van der Waals surface area contributed by atoms with E-state index in [1.54, 1.807) is 24.1 Å². The Kier molecular flexibility index (Phi) is 7.64. The summed E-state index contributed by atoms with van der Waals surface area (Å²) in [6, 6.07) is 13.2. The molecule has 1 aliphatic rings. The minimum absolute atomic E-state index is 0.123. The maximum Gasteiger partial charge on any atom is 0.410 e. The van der Waals surface area contributed by atoms with Crippen LogP contribution in [-0.4, -0.2) is 50.0 Å². The first-order valence-corrected chi connectivity index (χ1v) is 11.7. The van der Waals surface area contributed by atoms with E-state index in [1.165, 1.54) is 4.90 Å². The summed E-state index contributed by atoms with van der Waals surface area (Å²) in [5, 5.41) is 13.6. The standard InChI is InChI=1S/C26H30N4O5/c1-29(26(33)34-17-18-7-4-3-5-8-18)16-24-22(15-28-30(24)2)23-12-11-21(14-27-23)35-20-10-6-9-19(13-20)25(31)32/h3-5,7-8,11-12,14-15,19-20H,6,9-10,13,16-17H2,1-2H3,(H,31,32)/t19?,20-/m0/s1. The van der Waals surface area contributed by atoms with Crippen LogP contribution in [0.5, 0.6) is 5.75 Å². The van der Waals surface area contributed by atoms with Crippen LogP contribution in [-0.2, 0) is 29.7 Å². The van der Waals surface area contributed by atoms with Gasteiger partial charge in [-0.2, -0.15) is 5.10 Å². The average Bonchev–Trinajstić information content (AvgIpc) is 3.23. The van der Waals surface area contributed by atoms with E-state index < -0.39 is 12.1 Å². The fourth-order valence-electron chi connectivity index (χ4n) is 4.26. The van der Waals surface area contributed by atoms with Crippen molar-refractivity contribution in [2.24, 2.45) is 13.0 Å². The Balaban J connectivity index is 1.38. The van der Waals surface area contributed by atoms with Gasteiger partial charge in [-0.3, -0.25) is 14.5 Å². The molecule has 2 atom stereocenters. The molecule has 1 unspecified atom stereocenters. The van der Waals surface area contributed by atoms with Gasteiger partial charge < -0.3 is 19.5 Å². The molecule has 0 aliphatic heterocycles. The quantitative estimate of drug-likeness (QED) is 0.515. The largest absolute Gasteiger partial charge is 0.489 e. The molecular weight excluding hydrogens is 448 g/mol. The lowest BCUT2D eigenvalue weighted by atomic mass is 9.87. The van der Waals surface area contributed by atoms with Crippen LogP contribution in [0.2, 0.25) is 0 Å². The van der Waals surface area contributed by atoms with Gasteiger partial charge in [-0.25, -0.2) is 4.79 Å². The van der Waals surface area contributed by atoms with Gasteiger partial charge in [-0.15, -0.1) is 0 Å². The number of aryl methyl sites for hydroxylation is 1. The molecule has 0 spiro atoms. The third-order valence-electron chi connectivity index (χ3n) is 6.26. The van der Waals surface area contributed by atoms with Crippen molar-refractivity contribution in [3.8, 4) is 17.0 Å². The molecule has 4 rings (SSSR count). The van der Waals surface area contributed by atoms with Crippen LogP contribution >= 0.6 is 0 Å². The second-order valence-corrected chi connectivity index (χ2v) is 8.85. The van der Waals surface area contributed by atoms with Gasteiger partial charge in [0.2, 0.25) is 0 Å².